The van der Waals surface area contributed by atoms with Gasteiger partial charge in [-0.05, 0) is 61.9 Å². The minimum atomic E-state index is -0.523. The van der Waals surface area contributed by atoms with Crippen LogP contribution in [0.5, 0.6) is 11.5 Å². The van der Waals surface area contributed by atoms with Crippen LogP contribution < -0.4 is 9.47 Å². The van der Waals surface area contributed by atoms with Crippen LogP contribution in [0.25, 0.3) is 0 Å². The number of Topliss-reactive ketones (excluding diaryl/α,β-unsaturated/α-hetero) is 1. The van der Waals surface area contributed by atoms with E-state index >= 15 is 0 Å². The Kier molecular flexibility index (Phi) is 5.63. The first-order valence-electron chi connectivity index (χ1n) is 9.43. The van der Waals surface area contributed by atoms with Crippen LogP contribution in [-0.4, -0.2) is 29.7 Å². The molecule has 1 aliphatic heterocycles. The average Bonchev–Trinajstić information content (AvgIpc) is 3.31. The lowest BCUT2D eigenvalue weighted by molar-refractivity contribution is 0.0474. The van der Waals surface area contributed by atoms with Crippen LogP contribution in [0.4, 0.5) is 0 Å². The number of carbonyl (C=O) groups is 2. The summed E-state index contributed by atoms with van der Waals surface area (Å²) in [5.74, 6) is 0.713. The van der Waals surface area contributed by atoms with E-state index in [0.29, 0.717) is 17.7 Å². The van der Waals surface area contributed by atoms with Gasteiger partial charge in [-0.3, -0.25) is 4.79 Å². The van der Waals surface area contributed by atoms with Crippen molar-refractivity contribution in [3.8, 4) is 11.5 Å². The third kappa shape index (κ3) is 4.11. The Balaban J connectivity index is 1.45. The fraction of sp³-hybridized carbons (Fsp3) is 0.217. The predicted molar refractivity (Wildman–Crippen MR) is 114 cm³/mol. The first kappa shape index (κ1) is 20.2. The maximum Gasteiger partial charge on any atom is 0.338 e. The molecule has 2 aromatic carbocycles. The largest absolute Gasteiger partial charge is 0.454 e. The van der Waals surface area contributed by atoms with Gasteiger partial charge in [-0.15, -0.1) is 0 Å². The number of hydrogen-bond donors (Lipinski definition) is 0. The molecule has 0 atom stereocenters. The molecule has 154 valence electrons. The summed E-state index contributed by atoms with van der Waals surface area (Å²) in [5, 5.41) is 0. The van der Waals surface area contributed by atoms with E-state index in [1.165, 1.54) is 0 Å². The molecule has 0 saturated carbocycles. The van der Waals surface area contributed by atoms with Crippen molar-refractivity contribution >= 4 is 27.7 Å². The predicted octanol–water partition coefficient (Wildman–Crippen LogP) is 4.68. The molecule has 0 bridgehead atoms. The fourth-order valence-corrected chi connectivity index (χ4v) is 3.69. The van der Waals surface area contributed by atoms with E-state index in [1.54, 1.807) is 24.3 Å². The molecular formula is C23H20BrNO5. The van der Waals surface area contributed by atoms with Crippen LogP contribution in [-0.2, 0) is 11.3 Å². The molecule has 3 aromatic rings. The van der Waals surface area contributed by atoms with Crippen LogP contribution in [0.1, 0.15) is 37.7 Å². The second kappa shape index (κ2) is 8.36. The van der Waals surface area contributed by atoms with E-state index in [0.717, 1.165) is 32.9 Å². The number of halogens is 1. The SMILES string of the molecule is Cc1cc(C(=O)COC(=O)c2ccc(Br)cc2)c(C)n1Cc1ccc2c(c1)OCO2. The van der Waals surface area contributed by atoms with Gasteiger partial charge in [-0.25, -0.2) is 4.79 Å². The van der Waals surface area contributed by atoms with Crippen molar-refractivity contribution in [2.24, 2.45) is 0 Å². The first-order valence-corrected chi connectivity index (χ1v) is 10.2. The number of aromatic nitrogens is 1. The zero-order chi connectivity index (χ0) is 21.3. The van der Waals surface area contributed by atoms with Crippen LogP contribution in [0, 0.1) is 13.8 Å². The highest BCUT2D eigenvalue weighted by atomic mass is 79.9. The smallest absolute Gasteiger partial charge is 0.338 e. The summed E-state index contributed by atoms with van der Waals surface area (Å²) in [6, 6.07) is 14.4. The second-order valence-corrected chi connectivity index (χ2v) is 7.98. The van der Waals surface area contributed by atoms with E-state index in [-0.39, 0.29) is 19.2 Å². The van der Waals surface area contributed by atoms with Crippen molar-refractivity contribution in [2.75, 3.05) is 13.4 Å². The van der Waals surface area contributed by atoms with E-state index in [9.17, 15) is 9.59 Å². The lowest BCUT2D eigenvalue weighted by Gasteiger charge is -2.11. The number of hydrogen-bond acceptors (Lipinski definition) is 5. The molecule has 6 nitrogen and oxygen atoms in total. The summed E-state index contributed by atoms with van der Waals surface area (Å²) in [6.45, 7) is 4.37. The number of benzene rings is 2. The quantitative estimate of drug-likeness (QED) is 0.387. The summed E-state index contributed by atoms with van der Waals surface area (Å²) < 4.78 is 18.9. The van der Waals surface area contributed by atoms with Crippen molar-refractivity contribution in [2.45, 2.75) is 20.4 Å². The summed E-state index contributed by atoms with van der Waals surface area (Å²) >= 11 is 3.32. The van der Waals surface area contributed by atoms with Gasteiger partial charge in [0.05, 0.1) is 5.56 Å². The van der Waals surface area contributed by atoms with Crippen LogP contribution >= 0.6 is 15.9 Å². The monoisotopic (exact) mass is 469 g/mol. The maximum absolute atomic E-state index is 12.7. The third-order valence-corrected chi connectivity index (χ3v) is 5.59. The molecule has 0 radical (unpaired) electrons. The number of carbonyl (C=O) groups excluding carboxylic acids is 2. The van der Waals surface area contributed by atoms with E-state index in [1.807, 2.05) is 38.1 Å². The highest BCUT2D eigenvalue weighted by molar-refractivity contribution is 9.10. The third-order valence-electron chi connectivity index (χ3n) is 5.07. The number of ether oxygens (including phenoxy) is 3. The van der Waals surface area contributed by atoms with Crippen molar-refractivity contribution in [1.29, 1.82) is 0 Å². The molecule has 0 saturated heterocycles. The van der Waals surface area contributed by atoms with Gasteiger partial charge in [-0.1, -0.05) is 22.0 Å². The Morgan fingerprint density at radius 3 is 2.53 bits per heavy atom. The summed E-state index contributed by atoms with van der Waals surface area (Å²) in [5.41, 5.74) is 3.78. The van der Waals surface area contributed by atoms with Crippen LogP contribution in [0.2, 0.25) is 0 Å². The standard InChI is InChI=1S/C23H20BrNO5/c1-14-9-19(20(26)12-28-23(27)17-4-6-18(24)7-5-17)15(2)25(14)11-16-3-8-21-22(10-16)30-13-29-21/h3-10H,11-13H2,1-2H3. The highest BCUT2D eigenvalue weighted by Crippen LogP contribution is 2.33. The minimum Gasteiger partial charge on any atom is -0.454 e. The number of aryl methyl sites for hydroxylation is 1. The first-order chi connectivity index (χ1) is 14.4. The summed E-state index contributed by atoms with van der Waals surface area (Å²) in [4.78, 5) is 24.9. The van der Waals surface area contributed by atoms with E-state index in [2.05, 4.69) is 20.5 Å². The van der Waals surface area contributed by atoms with Gasteiger partial charge in [0.25, 0.3) is 0 Å². The van der Waals surface area contributed by atoms with Crippen LogP contribution in [0.15, 0.2) is 53.0 Å². The Hall–Kier alpha value is -3.06. The molecule has 7 heteroatoms. The maximum atomic E-state index is 12.7. The highest BCUT2D eigenvalue weighted by Gasteiger charge is 2.19. The molecule has 30 heavy (non-hydrogen) atoms. The molecule has 1 aromatic heterocycles. The molecular weight excluding hydrogens is 450 g/mol. The Morgan fingerprint density at radius 1 is 1.03 bits per heavy atom. The van der Waals surface area contributed by atoms with Crippen molar-refractivity contribution < 1.29 is 23.8 Å². The summed E-state index contributed by atoms with van der Waals surface area (Å²) in [6.07, 6.45) is 0. The van der Waals surface area contributed by atoms with E-state index in [4.69, 9.17) is 14.2 Å². The summed E-state index contributed by atoms with van der Waals surface area (Å²) in [7, 11) is 0. The number of fused-ring (bicyclic) bond motifs is 1. The fourth-order valence-electron chi connectivity index (χ4n) is 3.43. The van der Waals surface area contributed by atoms with Gasteiger partial charge < -0.3 is 18.8 Å². The number of esters is 1. The molecule has 2 heterocycles. The van der Waals surface area contributed by atoms with Crippen molar-refractivity contribution in [3.63, 3.8) is 0 Å². The number of ketones is 1. The van der Waals surface area contributed by atoms with Gasteiger partial charge in [0.15, 0.2) is 18.1 Å². The number of rotatable bonds is 6. The van der Waals surface area contributed by atoms with Gasteiger partial charge in [0.1, 0.15) is 0 Å². The van der Waals surface area contributed by atoms with Gasteiger partial charge in [-0.2, -0.15) is 0 Å². The lowest BCUT2D eigenvalue weighted by Crippen LogP contribution is -2.15. The average molecular weight is 470 g/mol. The van der Waals surface area contributed by atoms with E-state index < -0.39 is 5.97 Å². The van der Waals surface area contributed by atoms with Gasteiger partial charge in [0, 0.05) is 28.0 Å². The molecule has 0 aliphatic carbocycles. The zero-order valence-corrected chi connectivity index (χ0v) is 18.2. The second-order valence-electron chi connectivity index (χ2n) is 7.06. The minimum absolute atomic E-state index is 0.231. The Labute approximate surface area is 182 Å². The normalized spacial score (nSPS) is 12.1. The molecule has 4 rings (SSSR count). The molecule has 0 unspecified atom stereocenters. The lowest BCUT2D eigenvalue weighted by atomic mass is 10.1. The van der Waals surface area contributed by atoms with Crippen molar-refractivity contribution in [3.05, 3.63) is 81.1 Å². The number of nitrogens with zero attached hydrogens (tertiary/aromatic N) is 1. The zero-order valence-electron chi connectivity index (χ0n) is 16.6. The topological polar surface area (TPSA) is 66.8 Å². The van der Waals surface area contributed by atoms with Gasteiger partial charge in [0.2, 0.25) is 12.6 Å². The molecule has 0 amide bonds. The molecule has 0 spiro atoms. The molecule has 0 N–H and O–H groups in total. The Bertz CT molecular complexity index is 1120. The Morgan fingerprint density at radius 2 is 1.77 bits per heavy atom. The molecule has 0 fully saturated rings. The van der Waals surface area contributed by atoms with Gasteiger partial charge >= 0.3 is 5.97 Å². The molecule has 1 aliphatic rings. The van der Waals surface area contributed by atoms with Crippen molar-refractivity contribution in [1.82, 2.24) is 4.57 Å². The van der Waals surface area contributed by atoms with Crippen LogP contribution in [0.3, 0.4) is 0 Å².